The summed E-state index contributed by atoms with van der Waals surface area (Å²) in [5.41, 5.74) is 0. The number of hydrogen-bond acceptors (Lipinski definition) is 1. The van der Waals surface area contributed by atoms with Crippen molar-refractivity contribution in [1.29, 1.82) is 0 Å². The summed E-state index contributed by atoms with van der Waals surface area (Å²) in [6.45, 7) is 6.75. The minimum absolute atomic E-state index is 0.306. The number of rotatable bonds is 6. The molecule has 0 atom stereocenters. The standard InChI is InChI=1S/C10H12F2O/c1-3-5-7-9(11)13-10(12)8-6-4-2/h3-4,7-8H,1-2,5-6H2/b9-7+,10-8+. The van der Waals surface area contributed by atoms with Gasteiger partial charge in [-0.1, -0.05) is 12.2 Å². The lowest BCUT2D eigenvalue weighted by Gasteiger charge is -1.97. The molecule has 0 aliphatic heterocycles. The fourth-order valence-electron chi connectivity index (χ4n) is 0.528. The maximum Gasteiger partial charge on any atom is 0.276 e. The third-order valence-corrected chi connectivity index (χ3v) is 1.09. The van der Waals surface area contributed by atoms with E-state index in [1.165, 1.54) is 12.2 Å². The fourth-order valence-corrected chi connectivity index (χ4v) is 0.528. The van der Waals surface area contributed by atoms with Crippen LogP contribution in [0.4, 0.5) is 8.78 Å². The summed E-state index contributed by atoms with van der Waals surface area (Å²) < 4.78 is 29.3. The molecule has 13 heavy (non-hydrogen) atoms. The molecule has 0 radical (unpaired) electrons. The fraction of sp³-hybridized carbons (Fsp3) is 0.200. The largest absolute Gasteiger partial charge is 0.404 e. The second-order valence-corrected chi connectivity index (χ2v) is 2.17. The summed E-state index contributed by atoms with van der Waals surface area (Å²) in [6.07, 6.45) is 5.76. The zero-order valence-corrected chi connectivity index (χ0v) is 7.30. The van der Waals surface area contributed by atoms with Crippen LogP contribution in [0.2, 0.25) is 0 Å². The van der Waals surface area contributed by atoms with Crippen LogP contribution in [0.25, 0.3) is 0 Å². The Morgan fingerprint density at radius 1 is 1.00 bits per heavy atom. The summed E-state index contributed by atoms with van der Waals surface area (Å²) in [6, 6.07) is -1.92. The van der Waals surface area contributed by atoms with Gasteiger partial charge >= 0.3 is 0 Å². The van der Waals surface area contributed by atoms with E-state index < -0.39 is 12.0 Å². The lowest BCUT2D eigenvalue weighted by molar-refractivity contribution is 0.153. The highest BCUT2D eigenvalue weighted by Crippen LogP contribution is 2.10. The lowest BCUT2D eigenvalue weighted by atomic mass is 10.4. The third-order valence-electron chi connectivity index (χ3n) is 1.09. The molecule has 0 saturated heterocycles. The van der Waals surface area contributed by atoms with Gasteiger partial charge in [0.1, 0.15) is 0 Å². The van der Waals surface area contributed by atoms with Crippen molar-refractivity contribution < 1.29 is 13.5 Å². The minimum atomic E-state index is -0.960. The van der Waals surface area contributed by atoms with Gasteiger partial charge in [0.2, 0.25) is 0 Å². The van der Waals surface area contributed by atoms with Crippen molar-refractivity contribution in [2.24, 2.45) is 0 Å². The van der Waals surface area contributed by atoms with Crippen LogP contribution in [0, 0.1) is 0 Å². The van der Waals surface area contributed by atoms with Crippen LogP contribution in [-0.4, -0.2) is 0 Å². The van der Waals surface area contributed by atoms with E-state index in [1.54, 1.807) is 0 Å². The van der Waals surface area contributed by atoms with Gasteiger partial charge in [-0.25, -0.2) is 0 Å². The number of ether oxygens (including phenoxy) is 1. The van der Waals surface area contributed by atoms with E-state index in [0.29, 0.717) is 12.8 Å². The highest BCUT2D eigenvalue weighted by molar-refractivity contribution is 4.95. The molecule has 0 saturated carbocycles. The maximum atomic E-state index is 12.6. The summed E-state index contributed by atoms with van der Waals surface area (Å²) in [5.74, 6) is 0. The molecular weight excluding hydrogens is 174 g/mol. The Balaban J connectivity index is 3.95. The number of halogens is 2. The smallest absolute Gasteiger partial charge is 0.276 e. The van der Waals surface area contributed by atoms with Crippen LogP contribution in [-0.2, 0) is 4.74 Å². The van der Waals surface area contributed by atoms with Crippen molar-refractivity contribution in [2.45, 2.75) is 12.8 Å². The van der Waals surface area contributed by atoms with Gasteiger partial charge in [0.05, 0.1) is 0 Å². The van der Waals surface area contributed by atoms with Gasteiger partial charge in [0.25, 0.3) is 12.0 Å². The van der Waals surface area contributed by atoms with Gasteiger partial charge in [0, 0.05) is 0 Å². The molecule has 0 spiro atoms. The number of allylic oxidation sites excluding steroid dienone is 4. The van der Waals surface area contributed by atoms with Gasteiger partial charge in [0.15, 0.2) is 0 Å². The van der Waals surface area contributed by atoms with Crippen molar-refractivity contribution in [2.75, 3.05) is 0 Å². The Bertz CT molecular complexity index is 205. The van der Waals surface area contributed by atoms with Crippen LogP contribution in [0.3, 0.4) is 0 Å². The van der Waals surface area contributed by atoms with Crippen molar-refractivity contribution in [3.63, 3.8) is 0 Å². The van der Waals surface area contributed by atoms with Gasteiger partial charge in [-0.3, -0.25) is 0 Å². The summed E-state index contributed by atoms with van der Waals surface area (Å²) in [5, 5.41) is 0. The van der Waals surface area contributed by atoms with Crippen LogP contribution < -0.4 is 0 Å². The first-order valence-electron chi connectivity index (χ1n) is 3.81. The molecule has 0 amide bonds. The summed E-state index contributed by atoms with van der Waals surface area (Å²) >= 11 is 0. The highest BCUT2D eigenvalue weighted by atomic mass is 19.2. The topological polar surface area (TPSA) is 9.23 Å². The molecule has 3 heteroatoms. The Morgan fingerprint density at radius 2 is 1.38 bits per heavy atom. The molecular formula is C10H12F2O. The van der Waals surface area contributed by atoms with E-state index in [1.807, 2.05) is 0 Å². The lowest BCUT2D eigenvalue weighted by Crippen LogP contribution is -1.82. The molecule has 0 aliphatic carbocycles. The second kappa shape index (κ2) is 7.28. The molecule has 0 rings (SSSR count). The van der Waals surface area contributed by atoms with Crippen LogP contribution in [0.15, 0.2) is 49.5 Å². The zero-order chi connectivity index (χ0) is 10.1. The molecule has 0 bridgehead atoms. The van der Waals surface area contributed by atoms with E-state index >= 15 is 0 Å². The SMILES string of the molecule is C=CC/C=C(\F)O/C(F)=C/CC=C. The van der Waals surface area contributed by atoms with Gasteiger partial charge < -0.3 is 4.74 Å². The van der Waals surface area contributed by atoms with Crippen molar-refractivity contribution in [1.82, 2.24) is 0 Å². The Morgan fingerprint density at radius 3 is 1.69 bits per heavy atom. The Kier molecular flexibility index (Phi) is 6.51. The van der Waals surface area contributed by atoms with Crippen LogP contribution in [0.5, 0.6) is 0 Å². The molecule has 0 aromatic heterocycles. The number of hydrogen-bond donors (Lipinski definition) is 0. The molecule has 1 nitrogen and oxygen atoms in total. The normalized spacial score (nSPS) is 12.5. The molecule has 0 unspecified atom stereocenters. The van der Waals surface area contributed by atoms with Crippen molar-refractivity contribution in [3.05, 3.63) is 49.5 Å². The molecule has 0 heterocycles. The quantitative estimate of drug-likeness (QED) is 0.453. The first-order chi connectivity index (χ1) is 6.20. The predicted molar refractivity (Wildman–Crippen MR) is 49.1 cm³/mol. The van der Waals surface area contributed by atoms with E-state index in [2.05, 4.69) is 17.9 Å². The highest BCUT2D eigenvalue weighted by Gasteiger charge is 1.98. The van der Waals surface area contributed by atoms with Crippen LogP contribution >= 0.6 is 0 Å². The molecule has 0 aliphatic rings. The third kappa shape index (κ3) is 7.00. The second-order valence-electron chi connectivity index (χ2n) is 2.17. The van der Waals surface area contributed by atoms with E-state index in [-0.39, 0.29) is 0 Å². The zero-order valence-electron chi connectivity index (χ0n) is 7.30. The van der Waals surface area contributed by atoms with Gasteiger partial charge in [-0.2, -0.15) is 8.78 Å². The Labute approximate surface area is 76.7 Å². The van der Waals surface area contributed by atoms with E-state index in [9.17, 15) is 8.78 Å². The van der Waals surface area contributed by atoms with Crippen molar-refractivity contribution >= 4 is 0 Å². The van der Waals surface area contributed by atoms with Gasteiger partial charge in [-0.05, 0) is 25.0 Å². The molecule has 0 N–H and O–H groups in total. The summed E-state index contributed by atoms with van der Waals surface area (Å²) in [7, 11) is 0. The minimum Gasteiger partial charge on any atom is -0.404 e. The van der Waals surface area contributed by atoms with Gasteiger partial charge in [-0.15, -0.1) is 13.2 Å². The summed E-state index contributed by atoms with van der Waals surface area (Å²) in [4.78, 5) is 0. The van der Waals surface area contributed by atoms with E-state index in [4.69, 9.17) is 0 Å². The Hall–Kier alpha value is -1.38. The maximum absolute atomic E-state index is 12.6. The molecule has 0 aromatic rings. The molecule has 0 fully saturated rings. The van der Waals surface area contributed by atoms with E-state index in [0.717, 1.165) is 12.2 Å². The monoisotopic (exact) mass is 186 g/mol. The molecule has 0 aromatic carbocycles. The first-order valence-corrected chi connectivity index (χ1v) is 3.81. The van der Waals surface area contributed by atoms with Crippen molar-refractivity contribution in [3.8, 4) is 0 Å². The average Bonchev–Trinajstić information content (AvgIpc) is 2.11. The molecule has 72 valence electrons. The first kappa shape index (κ1) is 11.6. The van der Waals surface area contributed by atoms with Crippen LogP contribution in [0.1, 0.15) is 12.8 Å². The predicted octanol–water partition coefficient (Wildman–Crippen LogP) is 3.78. The average molecular weight is 186 g/mol.